The number of amides is 1. The predicted octanol–water partition coefficient (Wildman–Crippen LogP) is 2.40. The lowest BCUT2D eigenvalue weighted by molar-refractivity contribution is -0.143. The first-order valence-corrected chi connectivity index (χ1v) is 7.24. The van der Waals surface area contributed by atoms with Gasteiger partial charge in [0.2, 0.25) is 0 Å². The van der Waals surface area contributed by atoms with Crippen molar-refractivity contribution < 1.29 is 14.3 Å². The molecule has 0 spiro atoms. The van der Waals surface area contributed by atoms with E-state index in [9.17, 15) is 4.79 Å². The third-order valence-electron chi connectivity index (χ3n) is 3.70. The van der Waals surface area contributed by atoms with Crippen LogP contribution in [0.15, 0.2) is 30.3 Å². The Bertz CT molecular complexity index is 415. The Kier molecular flexibility index (Phi) is 5.56. The van der Waals surface area contributed by atoms with Crippen molar-refractivity contribution in [3.8, 4) is 0 Å². The number of carbonyl (C=O) groups is 1. The molecule has 1 aliphatic rings. The molecule has 0 saturated carbocycles. The van der Waals surface area contributed by atoms with Crippen molar-refractivity contribution in [2.45, 2.75) is 32.0 Å². The van der Waals surface area contributed by atoms with E-state index in [0.717, 1.165) is 25.0 Å². The van der Waals surface area contributed by atoms with Crippen LogP contribution < -0.4 is 0 Å². The molecule has 20 heavy (non-hydrogen) atoms. The maximum absolute atomic E-state index is 12.6. The highest BCUT2D eigenvalue weighted by Gasteiger charge is 2.27. The van der Waals surface area contributed by atoms with Gasteiger partial charge in [-0.2, -0.15) is 0 Å². The quantitative estimate of drug-likeness (QED) is 0.801. The number of likely N-dealkylation sites (N-methyl/N-ethyl adjacent to an activating group) is 1. The van der Waals surface area contributed by atoms with Gasteiger partial charge in [-0.3, -0.25) is 4.79 Å². The average molecular weight is 277 g/mol. The minimum atomic E-state index is -0.530. The Morgan fingerprint density at radius 2 is 2.20 bits per heavy atom. The van der Waals surface area contributed by atoms with Gasteiger partial charge in [-0.1, -0.05) is 30.3 Å². The maximum Gasteiger partial charge on any atom is 0.256 e. The minimum Gasteiger partial charge on any atom is -0.376 e. The van der Waals surface area contributed by atoms with Gasteiger partial charge in [0.05, 0.1) is 6.10 Å². The number of methoxy groups -OCH3 is 1. The molecule has 0 radical (unpaired) electrons. The summed E-state index contributed by atoms with van der Waals surface area (Å²) in [6.07, 6.45) is 1.76. The molecule has 110 valence electrons. The fourth-order valence-electron chi connectivity index (χ4n) is 2.58. The summed E-state index contributed by atoms with van der Waals surface area (Å²) in [5.74, 6) is 0.0108. The van der Waals surface area contributed by atoms with Crippen LogP contribution in [-0.4, -0.2) is 43.7 Å². The molecule has 0 N–H and O–H groups in total. The fraction of sp³-hybridized carbons (Fsp3) is 0.562. The van der Waals surface area contributed by atoms with Gasteiger partial charge in [0, 0.05) is 26.8 Å². The minimum absolute atomic E-state index is 0.0108. The van der Waals surface area contributed by atoms with Gasteiger partial charge in [0.15, 0.2) is 6.10 Å². The molecule has 1 fully saturated rings. The van der Waals surface area contributed by atoms with Crippen LogP contribution in [0.1, 0.15) is 31.4 Å². The number of ether oxygens (including phenoxy) is 2. The van der Waals surface area contributed by atoms with Crippen molar-refractivity contribution in [1.82, 2.24) is 4.90 Å². The van der Waals surface area contributed by atoms with Crippen molar-refractivity contribution in [1.29, 1.82) is 0 Å². The van der Waals surface area contributed by atoms with Crippen LogP contribution in [0, 0.1) is 0 Å². The Labute approximate surface area is 120 Å². The molecule has 1 saturated heterocycles. The van der Waals surface area contributed by atoms with Gasteiger partial charge in [-0.25, -0.2) is 0 Å². The zero-order valence-electron chi connectivity index (χ0n) is 12.2. The van der Waals surface area contributed by atoms with E-state index >= 15 is 0 Å². The summed E-state index contributed by atoms with van der Waals surface area (Å²) in [6.45, 7) is 4.13. The van der Waals surface area contributed by atoms with Gasteiger partial charge in [-0.15, -0.1) is 0 Å². The second-order valence-corrected chi connectivity index (χ2v) is 5.04. The first kappa shape index (κ1) is 15.0. The molecule has 1 aromatic rings. The van der Waals surface area contributed by atoms with Crippen molar-refractivity contribution >= 4 is 5.91 Å². The highest BCUT2D eigenvalue weighted by Crippen LogP contribution is 2.21. The first-order valence-electron chi connectivity index (χ1n) is 7.24. The van der Waals surface area contributed by atoms with E-state index in [-0.39, 0.29) is 12.0 Å². The highest BCUT2D eigenvalue weighted by atomic mass is 16.5. The standard InChI is InChI=1S/C16H23NO3/c1-3-17(12-14-10-7-11-20-14)16(18)15(19-2)13-8-5-4-6-9-13/h4-6,8-9,14-15H,3,7,10-12H2,1-2H3/t14-,15-/m1/s1. The molecular weight excluding hydrogens is 254 g/mol. The lowest BCUT2D eigenvalue weighted by Crippen LogP contribution is -2.40. The molecule has 2 atom stereocenters. The van der Waals surface area contributed by atoms with Crippen molar-refractivity contribution in [3.05, 3.63) is 35.9 Å². The maximum atomic E-state index is 12.6. The number of benzene rings is 1. The van der Waals surface area contributed by atoms with Crippen molar-refractivity contribution in [2.24, 2.45) is 0 Å². The van der Waals surface area contributed by atoms with Crippen LogP contribution in [0.5, 0.6) is 0 Å². The summed E-state index contributed by atoms with van der Waals surface area (Å²) in [4.78, 5) is 14.5. The Morgan fingerprint density at radius 1 is 1.45 bits per heavy atom. The summed E-state index contributed by atoms with van der Waals surface area (Å²) >= 11 is 0. The monoisotopic (exact) mass is 277 g/mol. The van der Waals surface area contributed by atoms with Gasteiger partial charge >= 0.3 is 0 Å². The zero-order chi connectivity index (χ0) is 14.4. The second kappa shape index (κ2) is 7.41. The van der Waals surface area contributed by atoms with Gasteiger partial charge < -0.3 is 14.4 Å². The molecule has 0 aliphatic carbocycles. The third kappa shape index (κ3) is 3.58. The van der Waals surface area contributed by atoms with E-state index in [0.29, 0.717) is 13.1 Å². The zero-order valence-corrected chi connectivity index (χ0v) is 12.2. The van der Waals surface area contributed by atoms with Crippen LogP contribution in [0.3, 0.4) is 0 Å². The molecule has 1 aromatic carbocycles. The van der Waals surface area contributed by atoms with E-state index < -0.39 is 6.10 Å². The fourth-order valence-corrected chi connectivity index (χ4v) is 2.58. The largest absolute Gasteiger partial charge is 0.376 e. The Morgan fingerprint density at radius 3 is 2.75 bits per heavy atom. The third-order valence-corrected chi connectivity index (χ3v) is 3.70. The molecule has 1 heterocycles. The number of rotatable bonds is 6. The summed E-state index contributed by atoms with van der Waals surface area (Å²) in [5, 5.41) is 0. The van der Waals surface area contributed by atoms with E-state index in [1.165, 1.54) is 0 Å². The molecule has 1 amide bonds. The van der Waals surface area contributed by atoms with E-state index in [2.05, 4.69) is 0 Å². The summed E-state index contributed by atoms with van der Waals surface area (Å²) in [5.41, 5.74) is 0.894. The molecule has 0 aromatic heterocycles. The Hall–Kier alpha value is -1.39. The van der Waals surface area contributed by atoms with E-state index in [4.69, 9.17) is 9.47 Å². The van der Waals surface area contributed by atoms with Gasteiger partial charge in [-0.05, 0) is 25.3 Å². The lowest BCUT2D eigenvalue weighted by atomic mass is 10.1. The SMILES string of the molecule is CCN(C[C@H]1CCCO1)C(=O)[C@H](OC)c1ccccc1. The number of hydrogen-bond acceptors (Lipinski definition) is 3. The second-order valence-electron chi connectivity index (χ2n) is 5.04. The topological polar surface area (TPSA) is 38.8 Å². The van der Waals surface area contributed by atoms with Crippen LogP contribution in [0.2, 0.25) is 0 Å². The van der Waals surface area contributed by atoms with Crippen LogP contribution in [-0.2, 0) is 14.3 Å². The molecule has 0 bridgehead atoms. The van der Waals surface area contributed by atoms with E-state index in [1.807, 2.05) is 42.2 Å². The molecule has 1 aliphatic heterocycles. The van der Waals surface area contributed by atoms with Crippen molar-refractivity contribution in [3.63, 3.8) is 0 Å². The molecule has 2 rings (SSSR count). The summed E-state index contributed by atoms with van der Waals surface area (Å²) in [7, 11) is 1.58. The smallest absolute Gasteiger partial charge is 0.256 e. The van der Waals surface area contributed by atoms with Crippen LogP contribution in [0.25, 0.3) is 0 Å². The summed E-state index contributed by atoms with van der Waals surface area (Å²) in [6, 6.07) is 9.62. The summed E-state index contributed by atoms with van der Waals surface area (Å²) < 4.78 is 11.0. The number of hydrogen-bond donors (Lipinski definition) is 0. The highest BCUT2D eigenvalue weighted by molar-refractivity contribution is 5.82. The Balaban J connectivity index is 2.05. The first-order chi connectivity index (χ1) is 9.76. The molecule has 0 unspecified atom stereocenters. The lowest BCUT2D eigenvalue weighted by Gasteiger charge is -2.27. The van der Waals surface area contributed by atoms with Crippen molar-refractivity contribution in [2.75, 3.05) is 26.8 Å². The molecule has 4 heteroatoms. The predicted molar refractivity (Wildman–Crippen MR) is 77.4 cm³/mol. The number of carbonyl (C=O) groups excluding carboxylic acids is 1. The molecule has 4 nitrogen and oxygen atoms in total. The van der Waals surface area contributed by atoms with Crippen LogP contribution in [0.4, 0.5) is 0 Å². The van der Waals surface area contributed by atoms with E-state index in [1.54, 1.807) is 7.11 Å². The molecular formula is C16H23NO3. The number of nitrogens with zero attached hydrogens (tertiary/aromatic N) is 1. The van der Waals surface area contributed by atoms with Gasteiger partial charge in [0.25, 0.3) is 5.91 Å². The van der Waals surface area contributed by atoms with Gasteiger partial charge in [0.1, 0.15) is 0 Å². The van der Waals surface area contributed by atoms with Crippen LogP contribution >= 0.6 is 0 Å². The average Bonchev–Trinajstić information content (AvgIpc) is 2.99. The normalized spacial score (nSPS) is 19.8.